The van der Waals surface area contributed by atoms with Crippen LogP contribution in [0.4, 0.5) is 11.4 Å². The van der Waals surface area contributed by atoms with Crippen molar-refractivity contribution in [2.45, 2.75) is 6.54 Å². The van der Waals surface area contributed by atoms with E-state index in [9.17, 15) is 4.79 Å². The maximum absolute atomic E-state index is 11.7. The van der Waals surface area contributed by atoms with Gasteiger partial charge in [-0.15, -0.1) is 0 Å². The lowest BCUT2D eigenvalue weighted by Crippen LogP contribution is -2.10. The second-order valence-corrected chi connectivity index (χ2v) is 4.14. The number of rotatable bonds is 4. The SMILES string of the molecule is COC(=O)c1cccc(N)c1NCc1cnn(C)c1. The second-order valence-electron chi connectivity index (χ2n) is 4.14. The van der Waals surface area contributed by atoms with Crippen LogP contribution in [0.25, 0.3) is 0 Å². The summed E-state index contributed by atoms with van der Waals surface area (Å²) in [6.45, 7) is 0.534. The molecule has 0 atom stereocenters. The van der Waals surface area contributed by atoms with Crippen LogP contribution in [0.1, 0.15) is 15.9 Å². The van der Waals surface area contributed by atoms with Gasteiger partial charge >= 0.3 is 5.97 Å². The summed E-state index contributed by atoms with van der Waals surface area (Å²) in [5.74, 6) is -0.416. The van der Waals surface area contributed by atoms with Gasteiger partial charge in [-0.3, -0.25) is 4.68 Å². The molecule has 0 saturated carbocycles. The molecule has 0 unspecified atom stereocenters. The standard InChI is InChI=1S/C13H16N4O2/c1-17-8-9(7-16-17)6-15-12-10(13(18)19-2)4-3-5-11(12)14/h3-5,7-8,15H,6,14H2,1-2H3. The first-order valence-electron chi connectivity index (χ1n) is 5.80. The Morgan fingerprint density at radius 2 is 2.32 bits per heavy atom. The highest BCUT2D eigenvalue weighted by Crippen LogP contribution is 2.24. The fourth-order valence-corrected chi connectivity index (χ4v) is 1.80. The highest BCUT2D eigenvalue weighted by Gasteiger charge is 2.13. The summed E-state index contributed by atoms with van der Waals surface area (Å²) in [6, 6.07) is 5.13. The third kappa shape index (κ3) is 2.85. The Hall–Kier alpha value is -2.50. The van der Waals surface area contributed by atoms with Crippen molar-refractivity contribution in [2.24, 2.45) is 7.05 Å². The molecule has 0 aliphatic rings. The Morgan fingerprint density at radius 1 is 1.53 bits per heavy atom. The van der Waals surface area contributed by atoms with Crippen LogP contribution in [0.2, 0.25) is 0 Å². The average Bonchev–Trinajstić information content (AvgIpc) is 2.82. The molecule has 0 bridgehead atoms. The molecule has 0 aliphatic carbocycles. The fourth-order valence-electron chi connectivity index (χ4n) is 1.80. The van der Waals surface area contributed by atoms with Crippen LogP contribution in [0.3, 0.4) is 0 Å². The van der Waals surface area contributed by atoms with E-state index >= 15 is 0 Å². The number of anilines is 2. The maximum atomic E-state index is 11.7. The quantitative estimate of drug-likeness (QED) is 0.641. The van der Waals surface area contributed by atoms with Crippen molar-refractivity contribution in [1.29, 1.82) is 0 Å². The molecule has 6 heteroatoms. The van der Waals surface area contributed by atoms with Crippen molar-refractivity contribution in [3.8, 4) is 0 Å². The fraction of sp³-hybridized carbons (Fsp3) is 0.231. The lowest BCUT2D eigenvalue weighted by atomic mass is 10.1. The van der Waals surface area contributed by atoms with E-state index in [2.05, 4.69) is 10.4 Å². The van der Waals surface area contributed by atoms with Gasteiger partial charge in [-0.25, -0.2) is 4.79 Å². The lowest BCUT2D eigenvalue weighted by molar-refractivity contribution is 0.0602. The van der Waals surface area contributed by atoms with Crippen molar-refractivity contribution < 1.29 is 9.53 Å². The molecule has 1 heterocycles. The van der Waals surface area contributed by atoms with Gasteiger partial charge in [0, 0.05) is 25.4 Å². The monoisotopic (exact) mass is 260 g/mol. The molecule has 0 saturated heterocycles. The number of hydrogen-bond acceptors (Lipinski definition) is 5. The molecule has 0 amide bonds. The molecular weight excluding hydrogens is 244 g/mol. The summed E-state index contributed by atoms with van der Waals surface area (Å²) in [6.07, 6.45) is 3.65. The number of benzene rings is 1. The van der Waals surface area contributed by atoms with E-state index in [-0.39, 0.29) is 0 Å². The number of para-hydroxylation sites is 1. The van der Waals surface area contributed by atoms with E-state index < -0.39 is 5.97 Å². The Labute approximate surface area is 111 Å². The van der Waals surface area contributed by atoms with Crippen LogP contribution < -0.4 is 11.1 Å². The number of aryl methyl sites for hydroxylation is 1. The van der Waals surface area contributed by atoms with Crippen LogP contribution in [0.5, 0.6) is 0 Å². The van der Waals surface area contributed by atoms with Gasteiger partial charge in [0.1, 0.15) is 0 Å². The molecule has 100 valence electrons. The topological polar surface area (TPSA) is 82.2 Å². The summed E-state index contributed by atoms with van der Waals surface area (Å²) >= 11 is 0. The third-order valence-electron chi connectivity index (χ3n) is 2.73. The van der Waals surface area contributed by atoms with Gasteiger partial charge < -0.3 is 15.8 Å². The summed E-state index contributed by atoms with van der Waals surface area (Å²) < 4.78 is 6.45. The molecule has 6 nitrogen and oxygen atoms in total. The van der Waals surface area contributed by atoms with E-state index in [0.29, 0.717) is 23.5 Å². The first-order chi connectivity index (χ1) is 9.11. The number of nitrogens with two attached hydrogens (primary N) is 1. The Bertz CT molecular complexity index is 592. The Kier molecular flexibility index (Phi) is 3.70. The molecule has 3 N–H and O–H groups in total. The van der Waals surface area contributed by atoms with E-state index in [4.69, 9.17) is 10.5 Å². The van der Waals surface area contributed by atoms with Gasteiger partial charge in [0.05, 0.1) is 30.2 Å². The number of esters is 1. The van der Waals surface area contributed by atoms with E-state index in [1.165, 1.54) is 7.11 Å². The van der Waals surface area contributed by atoms with Crippen LogP contribution in [0, 0.1) is 0 Å². The first-order valence-corrected chi connectivity index (χ1v) is 5.80. The van der Waals surface area contributed by atoms with Gasteiger partial charge in [0.15, 0.2) is 0 Å². The Morgan fingerprint density at radius 3 is 2.95 bits per heavy atom. The van der Waals surface area contributed by atoms with Crippen molar-refractivity contribution in [2.75, 3.05) is 18.2 Å². The van der Waals surface area contributed by atoms with Crippen LogP contribution in [0.15, 0.2) is 30.6 Å². The van der Waals surface area contributed by atoms with Crippen LogP contribution in [-0.2, 0) is 18.3 Å². The molecule has 2 rings (SSSR count). The smallest absolute Gasteiger partial charge is 0.340 e. The summed E-state index contributed by atoms with van der Waals surface area (Å²) in [5, 5.41) is 7.23. The molecule has 0 spiro atoms. The average molecular weight is 260 g/mol. The van der Waals surface area contributed by atoms with Crippen LogP contribution >= 0.6 is 0 Å². The van der Waals surface area contributed by atoms with Gasteiger partial charge in [-0.05, 0) is 12.1 Å². The largest absolute Gasteiger partial charge is 0.465 e. The summed E-state index contributed by atoms with van der Waals surface area (Å²) in [5.41, 5.74) is 8.40. The van der Waals surface area contributed by atoms with Crippen molar-refractivity contribution >= 4 is 17.3 Å². The van der Waals surface area contributed by atoms with Gasteiger partial charge in [-0.2, -0.15) is 5.10 Å². The van der Waals surface area contributed by atoms with E-state index in [0.717, 1.165) is 5.56 Å². The predicted octanol–water partition coefficient (Wildman–Crippen LogP) is 1.40. The number of aromatic nitrogens is 2. The number of nitrogen functional groups attached to an aromatic ring is 1. The molecule has 1 aromatic heterocycles. The lowest BCUT2D eigenvalue weighted by Gasteiger charge is -2.12. The van der Waals surface area contributed by atoms with E-state index in [1.54, 1.807) is 29.1 Å². The molecule has 19 heavy (non-hydrogen) atoms. The number of nitrogens with one attached hydrogen (secondary N) is 1. The maximum Gasteiger partial charge on any atom is 0.340 e. The third-order valence-corrected chi connectivity index (χ3v) is 2.73. The molecule has 1 aromatic carbocycles. The van der Waals surface area contributed by atoms with Crippen LogP contribution in [-0.4, -0.2) is 22.9 Å². The molecule has 0 aliphatic heterocycles. The number of carbonyl (C=O) groups is 1. The molecule has 2 aromatic rings. The highest BCUT2D eigenvalue weighted by atomic mass is 16.5. The molecule has 0 fully saturated rings. The van der Waals surface area contributed by atoms with Gasteiger partial charge in [0.2, 0.25) is 0 Å². The van der Waals surface area contributed by atoms with Crippen molar-refractivity contribution in [3.05, 3.63) is 41.7 Å². The van der Waals surface area contributed by atoms with Gasteiger partial charge in [-0.1, -0.05) is 6.07 Å². The zero-order valence-corrected chi connectivity index (χ0v) is 10.9. The first kappa shape index (κ1) is 12.9. The zero-order valence-electron chi connectivity index (χ0n) is 10.9. The van der Waals surface area contributed by atoms with Crippen molar-refractivity contribution in [1.82, 2.24) is 9.78 Å². The number of carbonyl (C=O) groups excluding carboxylic acids is 1. The van der Waals surface area contributed by atoms with E-state index in [1.807, 2.05) is 13.2 Å². The summed E-state index contributed by atoms with van der Waals surface area (Å²) in [7, 11) is 3.19. The number of nitrogens with zero attached hydrogens (tertiary/aromatic N) is 2. The van der Waals surface area contributed by atoms with Gasteiger partial charge in [0.25, 0.3) is 0 Å². The highest BCUT2D eigenvalue weighted by molar-refractivity contribution is 5.98. The second kappa shape index (κ2) is 5.43. The number of hydrogen-bond donors (Lipinski definition) is 2. The normalized spacial score (nSPS) is 10.2. The Balaban J connectivity index is 2.21. The summed E-state index contributed by atoms with van der Waals surface area (Å²) in [4.78, 5) is 11.7. The number of ether oxygens (including phenoxy) is 1. The minimum Gasteiger partial charge on any atom is -0.465 e. The minimum absolute atomic E-state index is 0.416. The molecular formula is C13H16N4O2. The predicted molar refractivity (Wildman–Crippen MR) is 72.7 cm³/mol. The zero-order chi connectivity index (χ0) is 13.8. The van der Waals surface area contributed by atoms with Crippen molar-refractivity contribution in [3.63, 3.8) is 0 Å². The minimum atomic E-state index is -0.416. The molecule has 0 radical (unpaired) electrons. The number of methoxy groups -OCH3 is 1.